The Hall–Kier alpha value is -0.0800. The van der Waals surface area contributed by atoms with Gasteiger partial charge in [-0.1, -0.05) is 0 Å². The smallest absolute Gasteiger partial charge is 0.0595 e. The van der Waals surface area contributed by atoms with Crippen LogP contribution in [0.15, 0.2) is 0 Å². The molecule has 0 aromatic carbocycles. The summed E-state index contributed by atoms with van der Waals surface area (Å²) in [6.45, 7) is 0.183. The van der Waals surface area contributed by atoms with Crippen molar-refractivity contribution in [2.75, 3.05) is 6.61 Å². The molecule has 0 aromatic rings. The molecule has 2 heteroatoms. The molecule has 2 aliphatic rings. The fraction of sp³-hybridized carbons (Fsp3) is 1.00. The Morgan fingerprint density at radius 3 is 2.44 bits per heavy atom. The molecule has 0 bridgehead atoms. The van der Waals surface area contributed by atoms with Crippen LogP contribution < -0.4 is 0 Å². The molecule has 52 valence electrons. The molecule has 2 N–H and O–H groups in total. The predicted octanol–water partition coefficient (Wildman–Crippen LogP) is -0.00440. The van der Waals surface area contributed by atoms with E-state index in [9.17, 15) is 5.11 Å². The van der Waals surface area contributed by atoms with Crippen LogP contribution in [0.4, 0.5) is 0 Å². The highest BCUT2D eigenvalue weighted by Gasteiger charge is 2.52. The van der Waals surface area contributed by atoms with Crippen molar-refractivity contribution in [1.82, 2.24) is 0 Å². The maximum atomic E-state index is 9.23. The summed E-state index contributed by atoms with van der Waals surface area (Å²) in [6, 6.07) is 0. The lowest BCUT2D eigenvalue weighted by Crippen LogP contribution is -2.20. The van der Waals surface area contributed by atoms with Gasteiger partial charge in [-0.3, -0.25) is 0 Å². The largest absolute Gasteiger partial charge is 0.396 e. The molecule has 2 saturated carbocycles. The van der Waals surface area contributed by atoms with Crippen molar-refractivity contribution in [3.63, 3.8) is 0 Å². The minimum atomic E-state index is -0.196. The number of fused-ring (bicyclic) bond motifs is 1. The summed E-state index contributed by atoms with van der Waals surface area (Å²) in [5.74, 6) is 1.65. The lowest BCUT2D eigenvalue weighted by atomic mass is 10.0. The van der Waals surface area contributed by atoms with Crippen molar-refractivity contribution < 1.29 is 10.2 Å². The molecular weight excluding hydrogens is 116 g/mol. The molecule has 2 rings (SSSR count). The van der Waals surface area contributed by atoms with Crippen LogP contribution in [0.5, 0.6) is 0 Å². The maximum Gasteiger partial charge on any atom is 0.0595 e. The molecule has 0 radical (unpaired) electrons. The number of hydrogen-bond acceptors (Lipinski definition) is 2. The van der Waals surface area contributed by atoms with Gasteiger partial charge in [-0.25, -0.2) is 0 Å². The van der Waals surface area contributed by atoms with Gasteiger partial charge in [0.25, 0.3) is 0 Å². The highest BCUT2D eigenvalue weighted by molar-refractivity contribution is 5.01. The Balaban J connectivity index is 2.02. The van der Waals surface area contributed by atoms with E-state index in [4.69, 9.17) is 5.11 Å². The van der Waals surface area contributed by atoms with E-state index < -0.39 is 0 Å². The van der Waals surface area contributed by atoms with Crippen molar-refractivity contribution >= 4 is 0 Å². The van der Waals surface area contributed by atoms with E-state index >= 15 is 0 Å². The van der Waals surface area contributed by atoms with Crippen molar-refractivity contribution in [2.45, 2.75) is 18.9 Å². The van der Waals surface area contributed by atoms with Gasteiger partial charge < -0.3 is 10.2 Å². The van der Waals surface area contributed by atoms with Gasteiger partial charge in [0.15, 0.2) is 0 Å². The summed E-state index contributed by atoms with van der Waals surface area (Å²) < 4.78 is 0. The standard InChI is InChI=1S/C7H12O2/c8-3-6-5-1-4(5)2-7(6)9/h4-9H,1-3H2. The third kappa shape index (κ3) is 0.700. The molecule has 0 amide bonds. The van der Waals surface area contributed by atoms with Crippen LogP contribution in [-0.2, 0) is 0 Å². The van der Waals surface area contributed by atoms with Crippen LogP contribution >= 0.6 is 0 Å². The topological polar surface area (TPSA) is 40.5 Å². The SMILES string of the molecule is OCC1C(O)CC2CC21. The molecule has 0 aromatic heterocycles. The Labute approximate surface area is 54.5 Å². The summed E-state index contributed by atoms with van der Waals surface area (Å²) >= 11 is 0. The summed E-state index contributed by atoms with van der Waals surface area (Å²) in [4.78, 5) is 0. The molecule has 2 aliphatic carbocycles. The highest BCUT2D eigenvalue weighted by Crippen LogP contribution is 2.54. The minimum absolute atomic E-state index is 0.183. The second-order valence-corrected chi connectivity index (χ2v) is 3.31. The molecule has 4 atom stereocenters. The second-order valence-electron chi connectivity index (χ2n) is 3.31. The van der Waals surface area contributed by atoms with Gasteiger partial charge in [-0.15, -0.1) is 0 Å². The number of hydrogen-bond donors (Lipinski definition) is 2. The third-order valence-electron chi connectivity index (χ3n) is 2.78. The highest BCUT2D eigenvalue weighted by atomic mass is 16.3. The number of aliphatic hydroxyl groups is 2. The number of rotatable bonds is 1. The Morgan fingerprint density at radius 1 is 1.33 bits per heavy atom. The van der Waals surface area contributed by atoms with Gasteiger partial charge in [0.2, 0.25) is 0 Å². The monoisotopic (exact) mass is 128 g/mol. The average molecular weight is 128 g/mol. The fourth-order valence-corrected chi connectivity index (χ4v) is 2.09. The van der Waals surface area contributed by atoms with E-state index in [0.29, 0.717) is 5.92 Å². The molecule has 0 aliphatic heterocycles. The molecule has 0 heterocycles. The van der Waals surface area contributed by atoms with E-state index in [1.54, 1.807) is 0 Å². The quantitative estimate of drug-likeness (QED) is 0.521. The van der Waals surface area contributed by atoms with E-state index in [2.05, 4.69) is 0 Å². The summed E-state index contributed by atoms with van der Waals surface area (Å²) in [6.07, 6.45) is 2.00. The van der Waals surface area contributed by atoms with Crippen molar-refractivity contribution in [1.29, 1.82) is 0 Å². The first-order chi connectivity index (χ1) is 4.33. The van der Waals surface area contributed by atoms with Crippen LogP contribution in [0.25, 0.3) is 0 Å². The second kappa shape index (κ2) is 1.70. The van der Waals surface area contributed by atoms with E-state index in [-0.39, 0.29) is 18.6 Å². The van der Waals surface area contributed by atoms with Gasteiger partial charge in [-0.2, -0.15) is 0 Å². The predicted molar refractivity (Wildman–Crippen MR) is 32.8 cm³/mol. The average Bonchev–Trinajstić information content (AvgIpc) is 2.45. The van der Waals surface area contributed by atoms with Gasteiger partial charge in [0.05, 0.1) is 6.10 Å². The first kappa shape index (κ1) is 5.69. The Bertz CT molecular complexity index is 122. The van der Waals surface area contributed by atoms with Crippen LogP contribution in [-0.4, -0.2) is 22.9 Å². The normalized spacial score (nSPS) is 55.3. The Morgan fingerprint density at radius 2 is 2.11 bits per heavy atom. The third-order valence-corrected chi connectivity index (χ3v) is 2.78. The van der Waals surface area contributed by atoms with Gasteiger partial charge >= 0.3 is 0 Å². The van der Waals surface area contributed by atoms with Crippen molar-refractivity contribution in [3.05, 3.63) is 0 Å². The summed E-state index contributed by atoms with van der Waals surface area (Å²) in [7, 11) is 0. The molecule has 9 heavy (non-hydrogen) atoms. The lowest BCUT2D eigenvalue weighted by molar-refractivity contribution is 0.0731. The fourth-order valence-electron chi connectivity index (χ4n) is 2.09. The van der Waals surface area contributed by atoms with Crippen LogP contribution in [0.2, 0.25) is 0 Å². The van der Waals surface area contributed by atoms with Gasteiger partial charge in [0.1, 0.15) is 0 Å². The van der Waals surface area contributed by atoms with Crippen LogP contribution in [0.1, 0.15) is 12.8 Å². The zero-order valence-corrected chi connectivity index (χ0v) is 5.33. The molecule has 0 spiro atoms. The molecule has 0 saturated heterocycles. The Kier molecular flexibility index (Phi) is 1.08. The van der Waals surface area contributed by atoms with E-state index in [1.807, 2.05) is 0 Å². The summed E-state index contributed by atoms with van der Waals surface area (Å²) in [5, 5.41) is 18.0. The van der Waals surface area contributed by atoms with Crippen LogP contribution in [0.3, 0.4) is 0 Å². The zero-order valence-electron chi connectivity index (χ0n) is 5.33. The number of aliphatic hydroxyl groups excluding tert-OH is 2. The molecular formula is C7H12O2. The molecule has 2 nitrogen and oxygen atoms in total. The molecule has 2 fully saturated rings. The van der Waals surface area contributed by atoms with Gasteiger partial charge in [0, 0.05) is 12.5 Å². The maximum absolute atomic E-state index is 9.23. The summed E-state index contributed by atoms with van der Waals surface area (Å²) in [5.41, 5.74) is 0. The van der Waals surface area contributed by atoms with E-state index in [0.717, 1.165) is 12.3 Å². The first-order valence-electron chi connectivity index (χ1n) is 3.62. The first-order valence-corrected chi connectivity index (χ1v) is 3.62. The van der Waals surface area contributed by atoms with Crippen LogP contribution in [0, 0.1) is 17.8 Å². The van der Waals surface area contributed by atoms with E-state index in [1.165, 1.54) is 6.42 Å². The zero-order chi connectivity index (χ0) is 6.43. The molecule has 4 unspecified atom stereocenters. The lowest BCUT2D eigenvalue weighted by Gasteiger charge is -2.13. The van der Waals surface area contributed by atoms with Gasteiger partial charge in [-0.05, 0) is 24.7 Å². The minimum Gasteiger partial charge on any atom is -0.396 e. The van der Waals surface area contributed by atoms with Crippen molar-refractivity contribution in [2.24, 2.45) is 17.8 Å². The van der Waals surface area contributed by atoms with Crippen molar-refractivity contribution in [3.8, 4) is 0 Å².